The molecule has 0 radical (unpaired) electrons. The molecule has 1 heterocycles. The fourth-order valence-corrected chi connectivity index (χ4v) is 3.28. The molecule has 0 spiro atoms. The van der Waals surface area contributed by atoms with Crippen LogP contribution in [0.15, 0.2) is 0 Å². The van der Waals surface area contributed by atoms with E-state index in [2.05, 4.69) is 5.32 Å². The number of hydrogen-bond acceptors (Lipinski definition) is 3. The third kappa shape index (κ3) is 2.01. The zero-order valence-corrected chi connectivity index (χ0v) is 11.7. The molecule has 6 heteroatoms. The van der Waals surface area contributed by atoms with Crippen LogP contribution < -0.4 is 5.32 Å². The van der Waals surface area contributed by atoms with Gasteiger partial charge in [0, 0.05) is 0 Å². The summed E-state index contributed by atoms with van der Waals surface area (Å²) in [5, 5.41) is 11.8. The van der Waals surface area contributed by atoms with Gasteiger partial charge in [-0.3, -0.25) is 4.79 Å². The Morgan fingerprint density at radius 3 is 2.28 bits per heavy atom. The number of rotatable bonds is 3. The number of halogens is 1. The monoisotopic (exact) mass is 287 g/mol. The Kier molecular flexibility index (Phi) is 3.38. The summed E-state index contributed by atoms with van der Waals surface area (Å²) in [6.45, 7) is 3.67. The SMILES string of the molecule is Cc1c(Cl)sc(C(=O)NC2(C(=O)O)CCC2)c1C. The zero-order valence-electron chi connectivity index (χ0n) is 10.2. The van der Waals surface area contributed by atoms with Crippen LogP contribution >= 0.6 is 22.9 Å². The highest BCUT2D eigenvalue weighted by Crippen LogP contribution is 2.35. The van der Waals surface area contributed by atoms with Crippen molar-refractivity contribution in [3.8, 4) is 0 Å². The van der Waals surface area contributed by atoms with Gasteiger partial charge in [-0.25, -0.2) is 4.79 Å². The minimum atomic E-state index is -1.08. The molecule has 0 bridgehead atoms. The first kappa shape index (κ1) is 13.4. The number of hydrogen-bond donors (Lipinski definition) is 2. The van der Waals surface area contributed by atoms with E-state index < -0.39 is 11.5 Å². The van der Waals surface area contributed by atoms with E-state index in [1.165, 1.54) is 11.3 Å². The van der Waals surface area contributed by atoms with E-state index in [0.29, 0.717) is 22.1 Å². The maximum absolute atomic E-state index is 12.1. The number of carbonyl (C=O) groups is 2. The first-order valence-corrected chi connectivity index (χ1v) is 6.88. The quantitative estimate of drug-likeness (QED) is 0.898. The number of thiophene rings is 1. The van der Waals surface area contributed by atoms with Crippen LogP contribution in [0.2, 0.25) is 4.34 Å². The average molecular weight is 288 g/mol. The fraction of sp³-hybridized carbons (Fsp3) is 0.500. The number of aliphatic carboxylic acids is 1. The molecule has 0 aliphatic heterocycles. The number of carboxylic acids is 1. The van der Waals surface area contributed by atoms with Crippen molar-refractivity contribution >= 4 is 34.8 Å². The first-order valence-electron chi connectivity index (χ1n) is 5.69. The van der Waals surface area contributed by atoms with Gasteiger partial charge in [-0.15, -0.1) is 11.3 Å². The second kappa shape index (κ2) is 4.55. The molecular weight excluding hydrogens is 274 g/mol. The van der Waals surface area contributed by atoms with Crippen molar-refractivity contribution in [2.75, 3.05) is 0 Å². The summed E-state index contributed by atoms with van der Waals surface area (Å²) in [5.41, 5.74) is 0.626. The van der Waals surface area contributed by atoms with Crippen molar-refractivity contribution in [3.05, 3.63) is 20.3 Å². The van der Waals surface area contributed by atoms with E-state index in [0.717, 1.165) is 17.5 Å². The molecule has 1 fully saturated rings. The lowest BCUT2D eigenvalue weighted by Crippen LogP contribution is -2.59. The van der Waals surface area contributed by atoms with Gasteiger partial charge in [0.1, 0.15) is 5.54 Å². The summed E-state index contributed by atoms with van der Waals surface area (Å²) >= 11 is 7.18. The first-order chi connectivity index (χ1) is 8.37. The van der Waals surface area contributed by atoms with Crippen LogP contribution in [0.1, 0.15) is 40.1 Å². The summed E-state index contributed by atoms with van der Waals surface area (Å²) in [5.74, 6) is -1.30. The van der Waals surface area contributed by atoms with Gasteiger partial charge in [0.25, 0.3) is 5.91 Å². The van der Waals surface area contributed by atoms with E-state index in [1.54, 1.807) is 0 Å². The molecule has 98 valence electrons. The van der Waals surface area contributed by atoms with Gasteiger partial charge in [-0.2, -0.15) is 0 Å². The second-order valence-electron chi connectivity index (χ2n) is 4.65. The summed E-state index contributed by atoms with van der Waals surface area (Å²) < 4.78 is 0.579. The Hall–Kier alpha value is -1.07. The zero-order chi connectivity index (χ0) is 13.5. The molecule has 0 atom stereocenters. The molecule has 4 nitrogen and oxygen atoms in total. The molecule has 0 saturated heterocycles. The van der Waals surface area contributed by atoms with Gasteiger partial charge in [0.2, 0.25) is 0 Å². The largest absolute Gasteiger partial charge is 0.480 e. The average Bonchev–Trinajstić information content (AvgIpc) is 2.50. The third-order valence-corrected chi connectivity index (χ3v) is 5.26. The molecule has 1 aliphatic carbocycles. The minimum Gasteiger partial charge on any atom is -0.480 e. The standard InChI is InChI=1S/C12H14ClNO3S/c1-6-7(2)9(13)18-8(6)10(15)14-12(11(16)17)4-3-5-12/h3-5H2,1-2H3,(H,14,15)(H,16,17). The predicted octanol–water partition coefficient (Wildman–Crippen LogP) is 2.76. The van der Waals surface area contributed by atoms with Gasteiger partial charge in [-0.05, 0) is 44.2 Å². The highest BCUT2D eigenvalue weighted by molar-refractivity contribution is 7.18. The van der Waals surface area contributed by atoms with Crippen molar-refractivity contribution < 1.29 is 14.7 Å². The molecule has 1 aromatic heterocycles. The van der Waals surface area contributed by atoms with Crippen molar-refractivity contribution in [2.24, 2.45) is 0 Å². The molecule has 2 N–H and O–H groups in total. The van der Waals surface area contributed by atoms with Gasteiger partial charge >= 0.3 is 5.97 Å². The van der Waals surface area contributed by atoms with Crippen molar-refractivity contribution in [2.45, 2.75) is 38.6 Å². The van der Waals surface area contributed by atoms with Crippen LogP contribution in [0.4, 0.5) is 0 Å². The summed E-state index contributed by atoms with van der Waals surface area (Å²) in [7, 11) is 0. The maximum Gasteiger partial charge on any atom is 0.329 e. The molecule has 1 saturated carbocycles. The smallest absolute Gasteiger partial charge is 0.329 e. The van der Waals surface area contributed by atoms with E-state index in [4.69, 9.17) is 11.6 Å². The topological polar surface area (TPSA) is 66.4 Å². The Morgan fingerprint density at radius 2 is 1.94 bits per heavy atom. The lowest BCUT2D eigenvalue weighted by atomic mass is 9.76. The summed E-state index contributed by atoms with van der Waals surface area (Å²) in [6, 6.07) is 0. The Bertz CT molecular complexity index is 520. The predicted molar refractivity (Wildman–Crippen MR) is 70.5 cm³/mol. The number of nitrogens with one attached hydrogen (secondary N) is 1. The normalized spacial score (nSPS) is 17.1. The number of carboxylic acid groups (broad SMARTS) is 1. The van der Waals surface area contributed by atoms with Crippen LogP contribution in [0, 0.1) is 13.8 Å². The van der Waals surface area contributed by atoms with E-state index >= 15 is 0 Å². The van der Waals surface area contributed by atoms with Gasteiger partial charge in [0.15, 0.2) is 0 Å². The molecule has 1 amide bonds. The molecular formula is C12H14ClNO3S. The van der Waals surface area contributed by atoms with Gasteiger partial charge in [0.05, 0.1) is 9.21 Å². The molecule has 0 unspecified atom stereocenters. The summed E-state index contributed by atoms with van der Waals surface area (Å²) in [4.78, 5) is 23.8. The second-order valence-corrected chi connectivity index (χ2v) is 6.27. The highest BCUT2D eigenvalue weighted by atomic mass is 35.5. The number of carbonyl (C=O) groups excluding carboxylic acids is 1. The van der Waals surface area contributed by atoms with Crippen molar-refractivity contribution in [1.29, 1.82) is 0 Å². The van der Waals surface area contributed by atoms with Gasteiger partial charge < -0.3 is 10.4 Å². The van der Waals surface area contributed by atoms with Crippen LogP contribution in [0.3, 0.4) is 0 Å². The van der Waals surface area contributed by atoms with Crippen LogP contribution in [-0.2, 0) is 4.79 Å². The summed E-state index contributed by atoms with van der Waals surface area (Å²) in [6.07, 6.45) is 1.81. The number of amides is 1. The van der Waals surface area contributed by atoms with Crippen LogP contribution in [0.25, 0.3) is 0 Å². The Morgan fingerprint density at radius 1 is 1.33 bits per heavy atom. The molecule has 0 aromatic carbocycles. The molecule has 1 aromatic rings. The van der Waals surface area contributed by atoms with Crippen molar-refractivity contribution in [1.82, 2.24) is 5.32 Å². The molecule has 2 rings (SSSR count). The highest BCUT2D eigenvalue weighted by Gasteiger charge is 2.46. The van der Waals surface area contributed by atoms with E-state index in [9.17, 15) is 14.7 Å². The van der Waals surface area contributed by atoms with E-state index in [-0.39, 0.29) is 5.91 Å². The Balaban J connectivity index is 2.22. The van der Waals surface area contributed by atoms with Gasteiger partial charge in [-0.1, -0.05) is 11.6 Å². The minimum absolute atomic E-state index is 0.338. The van der Waals surface area contributed by atoms with Crippen LogP contribution in [-0.4, -0.2) is 22.5 Å². The molecule has 1 aliphatic rings. The Labute approximate surface area is 114 Å². The lowest BCUT2D eigenvalue weighted by molar-refractivity contribution is -0.148. The van der Waals surface area contributed by atoms with Crippen LogP contribution in [0.5, 0.6) is 0 Å². The van der Waals surface area contributed by atoms with Crippen molar-refractivity contribution in [3.63, 3.8) is 0 Å². The van der Waals surface area contributed by atoms with E-state index in [1.807, 2.05) is 13.8 Å². The lowest BCUT2D eigenvalue weighted by Gasteiger charge is -2.38. The molecule has 18 heavy (non-hydrogen) atoms. The fourth-order valence-electron chi connectivity index (χ4n) is 1.97. The third-order valence-electron chi connectivity index (χ3n) is 3.57. The maximum atomic E-state index is 12.1.